The van der Waals surface area contributed by atoms with Gasteiger partial charge in [0.15, 0.2) is 0 Å². The van der Waals surface area contributed by atoms with Crippen LogP contribution in [0.5, 0.6) is 0 Å². The molecule has 18 heavy (non-hydrogen) atoms. The molecule has 1 aliphatic heterocycles. The van der Waals surface area contributed by atoms with Crippen molar-refractivity contribution in [3.63, 3.8) is 0 Å². The SMILES string of the molecule is CCNC1CCOCC1Cc1cc(F)cc(Br)c1. The van der Waals surface area contributed by atoms with Crippen LogP contribution >= 0.6 is 15.9 Å². The zero-order valence-corrected chi connectivity index (χ0v) is 12.2. The van der Waals surface area contributed by atoms with Gasteiger partial charge in [-0.15, -0.1) is 0 Å². The molecule has 2 rings (SSSR count). The standard InChI is InChI=1S/C14H19BrFNO/c1-2-17-14-3-4-18-9-11(14)5-10-6-12(15)8-13(16)7-10/h6-8,11,14,17H,2-5,9H2,1H3. The quantitative estimate of drug-likeness (QED) is 0.921. The molecule has 0 aromatic heterocycles. The molecule has 1 heterocycles. The van der Waals surface area contributed by atoms with Gasteiger partial charge < -0.3 is 10.1 Å². The predicted octanol–water partition coefficient (Wildman–Crippen LogP) is 3.15. The number of rotatable bonds is 4. The largest absolute Gasteiger partial charge is 0.381 e. The summed E-state index contributed by atoms with van der Waals surface area (Å²) >= 11 is 3.34. The summed E-state index contributed by atoms with van der Waals surface area (Å²) in [5, 5.41) is 3.50. The minimum Gasteiger partial charge on any atom is -0.381 e. The lowest BCUT2D eigenvalue weighted by atomic mass is 9.89. The maximum Gasteiger partial charge on any atom is 0.124 e. The van der Waals surface area contributed by atoms with Gasteiger partial charge >= 0.3 is 0 Å². The van der Waals surface area contributed by atoms with E-state index in [9.17, 15) is 4.39 Å². The number of nitrogens with one attached hydrogen (secondary N) is 1. The fourth-order valence-corrected chi connectivity index (χ4v) is 3.07. The van der Waals surface area contributed by atoms with E-state index in [1.54, 1.807) is 6.07 Å². The van der Waals surface area contributed by atoms with Crippen molar-refractivity contribution in [1.82, 2.24) is 5.32 Å². The maximum atomic E-state index is 13.4. The van der Waals surface area contributed by atoms with Crippen LogP contribution in [0, 0.1) is 11.7 Å². The highest BCUT2D eigenvalue weighted by Crippen LogP contribution is 2.22. The maximum absolute atomic E-state index is 13.4. The Kier molecular flexibility index (Phi) is 5.15. The van der Waals surface area contributed by atoms with E-state index in [2.05, 4.69) is 28.2 Å². The molecular weight excluding hydrogens is 297 g/mol. The van der Waals surface area contributed by atoms with E-state index in [0.29, 0.717) is 12.0 Å². The van der Waals surface area contributed by atoms with E-state index in [1.807, 2.05) is 6.07 Å². The van der Waals surface area contributed by atoms with Crippen LogP contribution in [0.4, 0.5) is 4.39 Å². The highest BCUT2D eigenvalue weighted by atomic mass is 79.9. The molecule has 2 unspecified atom stereocenters. The average molecular weight is 316 g/mol. The fourth-order valence-electron chi connectivity index (χ4n) is 2.56. The van der Waals surface area contributed by atoms with E-state index in [0.717, 1.165) is 42.6 Å². The summed E-state index contributed by atoms with van der Waals surface area (Å²) in [5.41, 5.74) is 1.03. The van der Waals surface area contributed by atoms with Crippen molar-refractivity contribution in [3.05, 3.63) is 34.1 Å². The lowest BCUT2D eigenvalue weighted by Crippen LogP contribution is -2.43. The molecular formula is C14H19BrFNO. The Morgan fingerprint density at radius 2 is 2.28 bits per heavy atom. The Morgan fingerprint density at radius 3 is 3.00 bits per heavy atom. The zero-order chi connectivity index (χ0) is 13.0. The summed E-state index contributed by atoms with van der Waals surface area (Å²) in [6.07, 6.45) is 1.89. The summed E-state index contributed by atoms with van der Waals surface area (Å²) in [7, 11) is 0. The molecule has 0 spiro atoms. The number of ether oxygens (including phenoxy) is 1. The van der Waals surface area contributed by atoms with Crippen LogP contribution in [0.2, 0.25) is 0 Å². The first-order chi connectivity index (χ1) is 8.69. The van der Waals surface area contributed by atoms with Crippen LogP contribution in [-0.2, 0) is 11.2 Å². The van der Waals surface area contributed by atoms with Crippen LogP contribution in [0.15, 0.2) is 22.7 Å². The topological polar surface area (TPSA) is 21.3 Å². The van der Waals surface area contributed by atoms with Crippen molar-refractivity contribution in [1.29, 1.82) is 0 Å². The first kappa shape index (κ1) is 14.0. The second kappa shape index (κ2) is 6.64. The number of halogens is 2. The minimum atomic E-state index is -0.184. The molecule has 0 bridgehead atoms. The van der Waals surface area contributed by atoms with E-state index in [1.165, 1.54) is 6.07 Å². The molecule has 2 atom stereocenters. The Morgan fingerprint density at radius 1 is 1.44 bits per heavy atom. The van der Waals surface area contributed by atoms with Gasteiger partial charge in [0.1, 0.15) is 5.82 Å². The van der Waals surface area contributed by atoms with Crippen LogP contribution in [-0.4, -0.2) is 25.8 Å². The molecule has 1 fully saturated rings. The summed E-state index contributed by atoms with van der Waals surface area (Å²) in [4.78, 5) is 0. The summed E-state index contributed by atoms with van der Waals surface area (Å²) in [6.45, 7) is 4.66. The van der Waals surface area contributed by atoms with E-state index in [-0.39, 0.29) is 5.82 Å². The van der Waals surface area contributed by atoms with E-state index >= 15 is 0 Å². The van der Waals surface area contributed by atoms with Gasteiger partial charge in [0.25, 0.3) is 0 Å². The summed E-state index contributed by atoms with van der Waals surface area (Å²) < 4.78 is 19.7. The van der Waals surface area contributed by atoms with Crippen molar-refractivity contribution in [2.45, 2.75) is 25.8 Å². The molecule has 0 amide bonds. The molecule has 2 nitrogen and oxygen atoms in total. The van der Waals surface area contributed by atoms with E-state index < -0.39 is 0 Å². The highest BCUT2D eigenvalue weighted by molar-refractivity contribution is 9.10. The average Bonchev–Trinajstić information content (AvgIpc) is 2.30. The molecule has 1 aromatic rings. The smallest absolute Gasteiger partial charge is 0.124 e. The molecule has 0 saturated carbocycles. The van der Waals surface area contributed by atoms with Crippen LogP contribution < -0.4 is 5.32 Å². The molecule has 100 valence electrons. The third-order valence-electron chi connectivity index (χ3n) is 3.36. The lowest BCUT2D eigenvalue weighted by Gasteiger charge is -2.32. The van der Waals surface area contributed by atoms with Gasteiger partial charge in [-0.25, -0.2) is 4.39 Å². The Labute approximate surface area is 116 Å². The minimum absolute atomic E-state index is 0.184. The predicted molar refractivity (Wildman–Crippen MR) is 74.2 cm³/mol. The second-order valence-corrected chi connectivity index (χ2v) is 5.69. The molecule has 1 N–H and O–H groups in total. The molecule has 0 radical (unpaired) electrons. The van der Waals surface area contributed by atoms with Gasteiger partial charge in [-0.2, -0.15) is 0 Å². The second-order valence-electron chi connectivity index (χ2n) is 4.77. The molecule has 1 aliphatic rings. The van der Waals surface area contributed by atoms with Crippen molar-refractivity contribution in [2.24, 2.45) is 5.92 Å². The van der Waals surface area contributed by atoms with Crippen LogP contribution in [0.1, 0.15) is 18.9 Å². The van der Waals surface area contributed by atoms with E-state index in [4.69, 9.17) is 4.74 Å². The molecule has 0 aliphatic carbocycles. The number of hydrogen-bond donors (Lipinski definition) is 1. The third kappa shape index (κ3) is 3.77. The van der Waals surface area contributed by atoms with Gasteiger partial charge in [0.05, 0.1) is 6.61 Å². The summed E-state index contributed by atoms with van der Waals surface area (Å²) in [6, 6.07) is 5.57. The van der Waals surface area contributed by atoms with Gasteiger partial charge in [-0.05, 0) is 43.1 Å². The first-order valence-corrected chi connectivity index (χ1v) is 7.24. The van der Waals surface area contributed by atoms with Crippen LogP contribution in [0.3, 0.4) is 0 Å². The lowest BCUT2D eigenvalue weighted by molar-refractivity contribution is 0.0326. The molecule has 4 heteroatoms. The van der Waals surface area contributed by atoms with Gasteiger partial charge in [-0.3, -0.25) is 0 Å². The first-order valence-electron chi connectivity index (χ1n) is 6.45. The number of hydrogen-bond acceptors (Lipinski definition) is 2. The Hall–Kier alpha value is -0.450. The van der Waals surface area contributed by atoms with Gasteiger partial charge in [0, 0.05) is 23.0 Å². The van der Waals surface area contributed by atoms with Crippen molar-refractivity contribution in [3.8, 4) is 0 Å². The fraction of sp³-hybridized carbons (Fsp3) is 0.571. The zero-order valence-electron chi connectivity index (χ0n) is 10.6. The molecule has 1 aromatic carbocycles. The van der Waals surface area contributed by atoms with Crippen LogP contribution in [0.25, 0.3) is 0 Å². The Balaban J connectivity index is 2.05. The summed E-state index contributed by atoms with van der Waals surface area (Å²) in [5.74, 6) is 0.239. The number of benzene rings is 1. The highest BCUT2D eigenvalue weighted by Gasteiger charge is 2.25. The van der Waals surface area contributed by atoms with Gasteiger partial charge in [-0.1, -0.05) is 22.9 Å². The normalized spacial score (nSPS) is 24.2. The van der Waals surface area contributed by atoms with Crippen molar-refractivity contribution < 1.29 is 9.13 Å². The molecule has 1 saturated heterocycles. The third-order valence-corrected chi connectivity index (χ3v) is 3.82. The van der Waals surface area contributed by atoms with Crippen molar-refractivity contribution in [2.75, 3.05) is 19.8 Å². The van der Waals surface area contributed by atoms with Crippen molar-refractivity contribution >= 4 is 15.9 Å². The Bertz CT molecular complexity index is 377. The van der Waals surface area contributed by atoms with Gasteiger partial charge in [0.2, 0.25) is 0 Å². The monoisotopic (exact) mass is 315 g/mol.